The maximum absolute atomic E-state index is 12.4. The van der Waals surface area contributed by atoms with Gasteiger partial charge in [0.15, 0.2) is 6.10 Å². The van der Waals surface area contributed by atoms with Crippen LogP contribution in [0.15, 0.2) is 71.8 Å². The zero-order valence-corrected chi connectivity index (χ0v) is 15.3. The van der Waals surface area contributed by atoms with Crippen molar-refractivity contribution >= 4 is 22.4 Å². The molecule has 27 heavy (non-hydrogen) atoms. The number of nitrogens with one attached hydrogen (secondary N) is 1. The number of hydrazone groups is 1. The van der Waals surface area contributed by atoms with Crippen LogP contribution in [0.1, 0.15) is 30.9 Å². The van der Waals surface area contributed by atoms with E-state index in [1.165, 1.54) is 5.56 Å². The van der Waals surface area contributed by atoms with Gasteiger partial charge < -0.3 is 4.74 Å². The van der Waals surface area contributed by atoms with Crippen molar-refractivity contribution in [3.63, 3.8) is 0 Å². The summed E-state index contributed by atoms with van der Waals surface area (Å²) < 4.78 is 5.81. The Balaban J connectivity index is 1.43. The number of hydrogen-bond donors (Lipinski definition) is 1. The van der Waals surface area contributed by atoms with Gasteiger partial charge in [0.05, 0.1) is 5.71 Å². The van der Waals surface area contributed by atoms with E-state index in [4.69, 9.17) is 4.74 Å². The zero-order valence-electron chi connectivity index (χ0n) is 15.3. The topological polar surface area (TPSA) is 50.7 Å². The van der Waals surface area contributed by atoms with Crippen LogP contribution in [0, 0.1) is 0 Å². The van der Waals surface area contributed by atoms with Gasteiger partial charge in [-0.25, -0.2) is 5.43 Å². The van der Waals surface area contributed by atoms with Crippen LogP contribution in [0.5, 0.6) is 5.75 Å². The maximum atomic E-state index is 12.4. The number of ether oxygens (including phenoxy) is 1. The predicted octanol–water partition coefficient (Wildman–Crippen LogP) is 4.46. The number of aryl methyl sites for hydroxylation is 1. The minimum Gasteiger partial charge on any atom is -0.481 e. The minimum absolute atomic E-state index is 0.251. The molecule has 4 nitrogen and oxygen atoms in total. The van der Waals surface area contributed by atoms with Crippen molar-refractivity contribution in [3.8, 4) is 5.75 Å². The third kappa shape index (κ3) is 3.85. The Hall–Kier alpha value is -3.14. The van der Waals surface area contributed by atoms with Gasteiger partial charge >= 0.3 is 0 Å². The highest BCUT2D eigenvalue weighted by molar-refractivity contribution is 6.03. The van der Waals surface area contributed by atoms with Gasteiger partial charge in [-0.2, -0.15) is 5.10 Å². The Bertz CT molecular complexity index is 1010. The number of carbonyl (C=O) groups is 1. The number of carbonyl (C=O) groups excluding carboxylic acids is 1. The largest absolute Gasteiger partial charge is 0.481 e. The van der Waals surface area contributed by atoms with Gasteiger partial charge in [-0.3, -0.25) is 4.79 Å². The molecule has 3 aromatic rings. The molecule has 4 rings (SSSR count). The molecule has 0 saturated heterocycles. The van der Waals surface area contributed by atoms with E-state index in [2.05, 4.69) is 22.7 Å². The summed E-state index contributed by atoms with van der Waals surface area (Å²) in [5, 5.41) is 6.60. The Morgan fingerprint density at radius 1 is 1.00 bits per heavy atom. The lowest BCUT2D eigenvalue weighted by atomic mass is 9.90. The van der Waals surface area contributed by atoms with Gasteiger partial charge in [-0.05, 0) is 54.7 Å². The van der Waals surface area contributed by atoms with E-state index in [-0.39, 0.29) is 5.91 Å². The van der Waals surface area contributed by atoms with Gasteiger partial charge in [0.2, 0.25) is 0 Å². The summed E-state index contributed by atoms with van der Waals surface area (Å²) in [7, 11) is 0. The van der Waals surface area contributed by atoms with E-state index in [0.717, 1.165) is 41.3 Å². The lowest BCUT2D eigenvalue weighted by Gasteiger charge is -2.18. The van der Waals surface area contributed by atoms with Crippen molar-refractivity contribution in [2.45, 2.75) is 32.3 Å². The molecule has 0 radical (unpaired) electrons. The highest BCUT2D eigenvalue weighted by Gasteiger charge is 2.17. The van der Waals surface area contributed by atoms with Crippen LogP contribution in [0.4, 0.5) is 0 Å². The lowest BCUT2D eigenvalue weighted by molar-refractivity contribution is -0.127. The van der Waals surface area contributed by atoms with Crippen LogP contribution < -0.4 is 10.2 Å². The number of amides is 1. The van der Waals surface area contributed by atoms with Crippen LogP contribution in [0.25, 0.3) is 10.8 Å². The molecular weight excluding hydrogens is 336 g/mol. The molecule has 4 heteroatoms. The normalized spacial score (nSPS) is 16.0. The van der Waals surface area contributed by atoms with E-state index in [0.29, 0.717) is 5.75 Å². The molecule has 0 heterocycles. The molecule has 1 atom stereocenters. The third-order valence-electron chi connectivity index (χ3n) is 4.89. The first-order chi connectivity index (χ1) is 13.2. The van der Waals surface area contributed by atoms with Crippen molar-refractivity contribution in [3.05, 3.63) is 77.9 Å². The van der Waals surface area contributed by atoms with Crippen LogP contribution >= 0.6 is 0 Å². The fourth-order valence-corrected chi connectivity index (χ4v) is 3.43. The third-order valence-corrected chi connectivity index (χ3v) is 4.89. The number of rotatable bonds is 4. The van der Waals surface area contributed by atoms with E-state index in [1.54, 1.807) is 6.92 Å². The van der Waals surface area contributed by atoms with E-state index in [1.807, 2.05) is 54.6 Å². The second kappa shape index (κ2) is 7.62. The number of hydrogen-bond acceptors (Lipinski definition) is 3. The highest BCUT2D eigenvalue weighted by atomic mass is 16.5. The van der Waals surface area contributed by atoms with Crippen LogP contribution in [0.3, 0.4) is 0 Å². The summed E-state index contributed by atoms with van der Waals surface area (Å²) in [4.78, 5) is 12.4. The SMILES string of the molecule is C[C@@H](Oc1ccc2ccccc2c1)C(=O)NN=C1CCCc2ccccc21. The molecule has 136 valence electrons. The lowest BCUT2D eigenvalue weighted by Crippen LogP contribution is -2.34. The minimum atomic E-state index is -0.630. The molecule has 0 aliphatic heterocycles. The van der Waals surface area contributed by atoms with Crippen LogP contribution in [-0.4, -0.2) is 17.7 Å². The van der Waals surface area contributed by atoms with Crippen molar-refractivity contribution in [1.29, 1.82) is 0 Å². The first kappa shape index (κ1) is 17.3. The summed E-state index contributed by atoms with van der Waals surface area (Å²) in [5.74, 6) is 0.422. The summed E-state index contributed by atoms with van der Waals surface area (Å²) in [5.41, 5.74) is 6.03. The molecule has 0 aromatic heterocycles. The summed E-state index contributed by atoms with van der Waals surface area (Å²) in [6.45, 7) is 1.74. The van der Waals surface area contributed by atoms with E-state index in [9.17, 15) is 4.79 Å². The van der Waals surface area contributed by atoms with E-state index < -0.39 is 6.10 Å². The molecule has 1 aliphatic carbocycles. The molecule has 0 bridgehead atoms. The number of nitrogens with zero attached hydrogens (tertiary/aromatic N) is 1. The van der Waals surface area contributed by atoms with Crippen molar-refractivity contribution in [2.24, 2.45) is 5.10 Å². The standard InChI is InChI=1S/C23H22N2O2/c1-16(27-20-14-13-17-7-2-3-9-19(17)15-20)23(26)25-24-22-12-6-10-18-8-4-5-11-21(18)22/h2-5,7-9,11,13-16H,6,10,12H2,1H3,(H,25,26)/t16-/m1/s1. The molecule has 0 saturated carbocycles. The average molecular weight is 358 g/mol. The molecule has 1 amide bonds. The molecule has 0 spiro atoms. The van der Waals surface area contributed by atoms with Crippen LogP contribution in [-0.2, 0) is 11.2 Å². The average Bonchev–Trinajstić information content (AvgIpc) is 2.71. The Morgan fingerprint density at radius 3 is 2.67 bits per heavy atom. The highest BCUT2D eigenvalue weighted by Crippen LogP contribution is 2.22. The smallest absolute Gasteiger partial charge is 0.280 e. The molecule has 3 aromatic carbocycles. The monoisotopic (exact) mass is 358 g/mol. The Morgan fingerprint density at radius 2 is 1.78 bits per heavy atom. The van der Waals surface area contributed by atoms with Gasteiger partial charge in [0.1, 0.15) is 5.75 Å². The molecule has 1 aliphatic rings. The fraction of sp³-hybridized carbons (Fsp3) is 0.217. The summed E-state index contributed by atoms with van der Waals surface area (Å²) >= 11 is 0. The Labute approximate surface area is 158 Å². The van der Waals surface area contributed by atoms with Gasteiger partial charge in [0.25, 0.3) is 5.91 Å². The van der Waals surface area contributed by atoms with Crippen LogP contribution in [0.2, 0.25) is 0 Å². The predicted molar refractivity (Wildman–Crippen MR) is 108 cm³/mol. The quantitative estimate of drug-likeness (QED) is 0.700. The second-order valence-corrected chi connectivity index (χ2v) is 6.81. The van der Waals surface area contributed by atoms with Crippen molar-refractivity contribution in [1.82, 2.24) is 5.43 Å². The Kier molecular flexibility index (Phi) is 4.88. The first-order valence-electron chi connectivity index (χ1n) is 9.31. The fourth-order valence-electron chi connectivity index (χ4n) is 3.43. The molecular formula is C23H22N2O2. The summed E-state index contributed by atoms with van der Waals surface area (Å²) in [6.07, 6.45) is 2.35. The first-order valence-corrected chi connectivity index (χ1v) is 9.31. The van der Waals surface area contributed by atoms with Gasteiger partial charge in [0, 0.05) is 5.56 Å². The second-order valence-electron chi connectivity index (χ2n) is 6.81. The maximum Gasteiger partial charge on any atom is 0.280 e. The number of benzene rings is 3. The molecule has 0 fully saturated rings. The van der Waals surface area contributed by atoms with Gasteiger partial charge in [-0.1, -0.05) is 54.6 Å². The molecule has 1 N–H and O–H groups in total. The van der Waals surface area contributed by atoms with Crippen molar-refractivity contribution < 1.29 is 9.53 Å². The number of fused-ring (bicyclic) bond motifs is 2. The van der Waals surface area contributed by atoms with Gasteiger partial charge in [-0.15, -0.1) is 0 Å². The zero-order chi connectivity index (χ0) is 18.6. The molecule has 0 unspecified atom stereocenters. The van der Waals surface area contributed by atoms with E-state index >= 15 is 0 Å². The summed E-state index contributed by atoms with van der Waals surface area (Å²) in [6, 6.07) is 22.1. The van der Waals surface area contributed by atoms with Crippen molar-refractivity contribution in [2.75, 3.05) is 0 Å².